The lowest BCUT2D eigenvalue weighted by molar-refractivity contribution is -0.458. The SMILES string of the molecule is CCC(C[N+]([O-])=Cc1ccccc1)C(=O)c1ccccc1. The van der Waals surface area contributed by atoms with E-state index in [-0.39, 0.29) is 18.2 Å². The number of benzene rings is 2. The van der Waals surface area contributed by atoms with Gasteiger partial charge in [-0.1, -0.05) is 55.5 Å². The van der Waals surface area contributed by atoms with Gasteiger partial charge in [0.25, 0.3) is 0 Å². The average molecular weight is 281 g/mol. The van der Waals surface area contributed by atoms with E-state index in [1.54, 1.807) is 12.1 Å². The second-order valence-electron chi connectivity index (χ2n) is 4.97. The fourth-order valence-corrected chi connectivity index (χ4v) is 2.21. The lowest BCUT2D eigenvalue weighted by Crippen LogP contribution is -2.24. The molecule has 0 saturated heterocycles. The third-order valence-electron chi connectivity index (χ3n) is 3.41. The molecule has 0 saturated carbocycles. The molecule has 1 atom stereocenters. The third-order valence-corrected chi connectivity index (χ3v) is 3.41. The zero-order valence-corrected chi connectivity index (χ0v) is 12.1. The molecule has 0 spiro atoms. The van der Waals surface area contributed by atoms with Gasteiger partial charge in [0.2, 0.25) is 0 Å². The zero-order valence-electron chi connectivity index (χ0n) is 12.1. The Morgan fingerprint density at radius 2 is 1.67 bits per heavy atom. The molecule has 0 bridgehead atoms. The maximum absolute atomic E-state index is 12.4. The van der Waals surface area contributed by atoms with Gasteiger partial charge in [-0.05, 0) is 18.6 Å². The number of hydroxylamine groups is 1. The molecule has 1 unspecified atom stereocenters. The van der Waals surface area contributed by atoms with Crippen LogP contribution in [0.2, 0.25) is 0 Å². The quantitative estimate of drug-likeness (QED) is 0.267. The van der Waals surface area contributed by atoms with Gasteiger partial charge in [-0.15, -0.1) is 0 Å². The molecular weight excluding hydrogens is 262 g/mol. The van der Waals surface area contributed by atoms with Crippen molar-refractivity contribution in [2.24, 2.45) is 5.92 Å². The van der Waals surface area contributed by atoms with E-state index in [1.165, 1.54) is 6.21 Å². The summed E-state index contributed by atoms with van der Waals surface area (Å²) in [6.07, 6.45) is 2.18. The first kappa shape index (κ1) is 15.0. The summed E-state index contributed by atoms with van der Waals surface area (Å²) >= 11 is 0. The molecule has 2 aromatic rings. The fraction of sp³-hybridized carbons (Fsp3) is 0.222. The Bertz CT molecular complexity index is 606. The summed E-state index contributed by atoms with van der Waals surface area (Å²) in [5.41, 5.74) is 1.51. The molecule has 3 nitrogen and oxygen atoms in total. The van der Waals surface area contributed by atoms with Gasteiger partial charge in [0.15, 0.2) is 18.5 Å². The average Bonchev–Trinajstić information content (AvgIpc) is 2.53. The van der Waals surface area contributed by atoms with E-state index < -0.39 is 0 Å². The van der Waals surface area contributed by atoms with Crippen molar-refractivity contribution in [3.63, 3.8) is 0 Å². The molecule has 0 radical (unpaired) electrons. The molecule has 0 amide bonds. The Morgan fingerprint density at radius 3 is 2.24 bits per heavy atom. The minimum atomic E-state index is -0.287. The topological polar surface area (TPSA) is 43.1 Å². The highest BCUT2D eigenvalue weighted by molar-refractivity contribution is 5.97. The molecule has 2 rings (SSSR count). The molecule has 108 valence electrons. The summed E-state index contributed by atoms with van der Waals surface area (Å²) < 4.78 is 0.852. The number of nitrogens with zero attached hydrogens (tertiary/aromatic N) is 1. The van der Waals surface area contributed by atoms with Crippen LogP contribution in [0, 0.1) is 11.1 Å². The Hall–Kier alpha value is -2.42. The highest BCUT2D eigenvalue weighted by atomic mass is 16.5. The van der Waals surface area contributed by atoms with Crippen LogP contribution >= 0.6 is 0 Å². The van der Waals surface area contributed by atoms with Crippen molar-refractivity contribution in [2.75, 3.05) is 6.54 Å². The normalized spacial score (nSPS) is 12.9. The minimum absolute atomic E-state index is 0.0282. The molecule has 0 heterocycles. The van der Waals surface area contributed by atoms with Crippen LogP contribution in [0.25, 0.3) is 0 Å². The van der Waals surface area contributed by atoms with Crippen LogP contribution in [0.15, 0.2) is 60.7 Å². The zero-order chi connectivity index (χ0) is 15.1. The summed E-state index contributed by atoms with van der Waals surface area (Å²) in [7, 11) is 0. The molecule has 0 fully saturated rings. The van der Waals surface area contributed by atoms with Crippen LogP contribution in [-0.2, 0) is 0 Å². The van der Waals surface area contributed by atoms with Crippen molar-refractivity contribution in [1.82, 2.24) is 0 Å². The minimum Gasteiger partial charge on any atom is -0.624 e. The summed E-state index contributed by atoms with van der Waals surface area (Å²) in [5, 5.41) is 12.0. The van der Waals surface area contributed by atoms with Crippen LogP contribution in [0.1, 0.15) is 29.3 Å². The number of hydrogen-bond donors (Lipinski definition) is 0. The Balaban J connectivity index is 2.09. The first-order valence-corrected chi connectivity index (χ1v) is 7.13. The molecule has 2 aromatic carbocycles. The van der Waals surface area contributed by atoms with Crippen LogP contribution < -0.4 is 0 Å². The second-order valence-corrected chi connectivity index (χ2v) is 4.97. The summed E-state index contributed by atoms with van der Waals surface area (Å²) in [4.78, 5) is 12.4. The Labute approximate surface area is 125 Å². The van der Waals surface area contributed by atoms with Gasteiger partial charge in [0, 0.05) is 11.1 Å². The molecule has 0 aliphatic heterocycles. The fourth-order valence-electron chi connectivity index (χ4n) is 2.21. The number of rotatable bonds is 6. The van der Waals surface area contributed by atoms with Crippen molar-refractivity contribution in [3.8, 4) is 0 Å². The molecule has 0 aliphatic carbocycles. The molecular formula is C18H19NO2. The lowest BCUT2D eigenvalue weighted by atomic mass is 9.95. The summed E-state index contributed by atoms with van der Waals surface area (Å²) in [6.45, 7) is 2.11. The Morgan fingerprint density at radius 1 is 1.10 bits per heavy atom. The molecule has 0 aromatic heterocycles. The maximum atomic E-state index is 12.4. The number of ketones is 1. The molecule has 0 aliphatic rings. The summed E-state index contributed by atoms with van der Waals surface area (Å²) in [5.74, 6) is -0.259. The van der Waals surface area contributed by atoms with E-state index in [9.17, 15) is 10.0 Å². The van der Waals surface area contributed by atoms with Crippen molar-refractivity contribution in [2.45, 2.75) is 13.3 Å². The predicted octanol–water partition coefficient (Wildman–Crippen LogP) is 3.52. The van der Waals surface area contributed by atoms with Crippen molar-refractivity contribution in [1.29, 1.82) is 0 Å². The van der Waals surface area contributed by atoms with Crippen molar-refractivity contribution >= 4 is 12.0 Å². The highest BCUT2D eigenvalue weighted by Crippen LogP contribution is 2.12. The number of Topliss-reactive ketones (excluding diaryl/α,β-unsaturated/α-hetero) is 1. The molecule has 0 N–H and O–H groups in total. The summed E-state index contributed by atoms with van der Waals surface area (Å²) in [6, 6.07) is 18.5. The molecule has 21 heavy (non-hydrogen) atoms. The highest BCUT2D eigenvalue weighted by Gasteiger charge is 2.21. The largest absolute Gasteiger partial charge is 0.624 e. The molecule has 3 heteroatoms. The van der Waals surface area contributed by atoms with E-state index in [0.29, 0.717) is 12.0 Å². The van der Waals surface area contributed by atoms with Crippen LogP contribution in [0.3, 0.4) is 0 Å². The van der Waals surface area contributed by atoms with Gasteiger partial charge in [-0.25, -0.2) is 4.74 Å². The first-order valence-electron chi connectivity index (χ1n) is 7.13. The smallest absolute Gasteiger partial charge is 0.181 e. The monoisotopic (exact) mass is 281 g/mol. The van der Waals surface area contributed by atoms with E-state index in [0.717, 1.165) is 10.3 Å². The van der Waals surface area contributed by atoms with Crippen molar-refractivity contribution in [3.05, 3.63) is 77.0 Å². The van der Waals surface area contributed by atoms with E-state index in [1.807, 2.05) is 55.5 Å². The van der Waals surface area contributed by atoms with Crippen LogP contribution in [0.4, 0.5) is 0 Å². The third kappa shape index (κ3) is 4.28. The van der Waals surface area contributed by atoms with Gasteiger partial charge in [0.1, 0.15) is 0 Å². The van der Waals surface area contributed by atoms with Crippen molar-refractivity contribution < 1.29 is 9.53 Å². The Kier molecular flexibility index (Phi) is 5.27. The van der Waals surface area contributed by atoms with E-state index in [2.05, 4.69) is 0 Å². The number of hydrogen-bond acceptors (Lipinski definition) is 2. The van der Waals surface area contributed by atoms with Gasteiger partial charge < -0.3 is 5.21 Å². The number of carbonyl (C=O) groups is 1. The van der Waals surface area contributed by atoms with Crippen LogP contribution in [0.5, 0.6) is 0 Å². The van der Waals surface area contributed by atoms with Crippen LogP contribution in [-0.4, -0.2) is 23.3 Å². The second kappa shape index (κ2) is 7.39. The predicted molar refractivity (Wildman–Crippen MR) is 84.7 cm³/mol. The first-order chi connectivity index (χ1) is 10.2. The standard InChI is InChI=1S/C18H19NO2/c1-2-16(18(20)17-11-7-4-8-12-17)14-19(21)13-15-9-5-3-6-10-15/h3-13,16H,2,14H2,1H3. The van der Waals surface area contributed by atoms with Gasteiger partial charge in [-0.3, -0.25) is 4.79 Å². The van der Waals surface area contributed by atoms with Gasteiger partial charge in [0.05, 0.1) is 5.92 Å². The van der Waals surface area contributed by atoms with Gasteiger partial charge in [-0.2, -0.15) is 0 Å². The maximum Gasteiger partial charge on any atom is 0.181 e. The van der Waals surface area contributed by atoms with E-state index in [4.69, 9.17) is 0 Å². The lowest BCUT2D eigenvalue weighted by Gasteiger charge is -2.13. The van der Waals surface area contributed by atoms with Gasteiger partial charge >= 0.3 is 0 Å². The number of carbonyl (C=O) groups excluding carboxylic acids is 1. The van der Waals surface area contributed by atoms with E-state index >= 15 is 0 Å².